The minimum atomic E-state index is -4.50. The van der Waals surface area contributed by atoms with Crippen molar-refractivity contribution >= 4 is 34.8 Å². The Bertz CT molecular complexity index is 490. The summed E-state index contributed by atoms with van der Waals surface area (Å²) in [5, 5.41) is 2.43. The van der Waals surface area contributed by atoms with Gasteiger partial charge in [0.2, 0.25) is 0 Å². The molecule has 1 aliphatic heterocycles. The fourth-order valence-electron chi connectivity index (χ4n) is 2.20. The molecule has 2 heterocycles. The van der Waals surface area contributed by atoms with Crippen LogP contribution in [0.4, 0.5) is 13.2 Å². The van der Waals surface area contributed by atoms with Crippen LogP contribution >= 0.6 is 34.8 Å². The molecule has 0 unspecified atom stereocenters. The second kappa shape index (κ2) is 6.23. The van der Waals surface area contributed by atoms with Crippen molar-refractivity contribution in [1.82, 2.24) is 15.2 Å². The van der Waals surface area contributed by atoms with Gasteiger partial charge in [-0.25, -0.2) is 4.98 Å². The van der Waals surface area contributed by atoms with E-state index in [2.05, 4.69) is 10.3 Å². The summed E-state index contributed by atoms with van der Waals surface area (Å²) < 4.78 is 40.3. The lowest BCUT2D eigenvalue weighted by molar-refractivity contribution is -0.187. The molecule has 9 heteroatoms. The van der Waals surface area contributed by atoms with E-state index in [1.165, 1.54) is 4.90 Å². The minimum absolute atomic E-state index is 0.139. The maximum atomic E-state index is 13.4. The fourth-order valence-corrected chi connectivity index (χ4v) is 2.90. The average molecular weight is 349 g/mol. The monoisotopic (exact) mass is 347 g/mol. The Hall–Kier alpha value is -0.270. The summed E-state index contributed by atoms with van der Waals surface area (Å²) in [5.41, 5.74) is -0.234. The van der Waals surface area contributed by atoms with E-state index in [4.69, 9.17) is 34.8 Å². The number of piperazine rings is 1. The SMILES string of the molecule is FC(F)(F)[C@@H](c1c(Cl)cnc(Cl)c1Cl)N1CCNCC1. The highest BCUT2D eigenvalue weighted by Gasteiger charge is 2.47. The van der Waals surface area contributed by atoms with Crippen molar-refractivity contribution in [3.8, 4) is 0 Å². The molecule has 1 fully saturated rings. The molecule has 0 aromatic carbocycles. The number of nitrogens with zero attached hydrogens (tertiary/aromatic N) is 2. The molecule has 1 N–H and O–H groups in total. The van der Waals surface area contributed by atoms with Crippen molar-refractivity contribution in [2.75, 3.05) is 26.2 Å². The number of pyridine rings is 1. The Morgan fingerprint density at radius 3 is 2.35 bits per heavy atom. The lowest BCUT2D eigenvalue weighted by Crippen LogP contribution is -2.49. The Morgan fingerprint density at radius 2 is 1.80 bits per heavy atom. The summed E-state index contributed by atoms with van der Waals surface area (Å²) in [4.78, 5) is 4.94. The number of alkyl halides is 3. The van der Waals surface area contributed by atoms with Gasteiger partial charge in [0.05, 0.1) is 10.0 Å². The van der Waals surface area contributed by atoms with E-state index in [0.717, 1.165) is 6.20 Å². The van der Waals surface area contributed by atoms with Gasteiger partial charge in [-0.15, -0.1) is 0 Å². The van der Waals surface area contributed by atoms with Crippen LogP contribution in [0.3, 0.4) is 0 Å². The molecule has 2 rings (SSSR count). The third kappa shape index (κ3) is 3.31. The van der Waals surface area contributed by atoms with E-state index in [1.54, 1.807) is 0 Å². The first-order chi connectivity index (χ1) is 9.32. The maximum absolute atomic E-state index is 13.4. The number of hydrogen-bond acceptors (Lipinski definition) is 3. The molecule has 1 aromatic heterocycles. The van der Waals surface area contributed by atoms with Crippen LogP contribution in [0.15, 0.2) is 6.20 Å². The van der Waals surface area contributed by atoms with Crippen LogP contribution in [0, 0.1) is 0 Å². The third-order valence-electron chi connectivity index (χ3n) is 3.07. The number of rotatable bonds is 2. The van der Waals surface area contributed by atoms with E-state index in [9.17, 15) is 13.2 Å². The Labute approximate surface area is 129 Å². The first-order valence-corrected chi connectivity index (χ1v) is 6.96. The number of halogens is 6. The van der Waals surface area contributed by atoms with Crippen molar-refractivity contribution in [2.45, 2.75) is 12.2 Å². The zero-order valence-electron chi connectivity index (χ0n) is 10.1. The summed E-state index contributed by atoms with van der Waals surface area (Å²) in [5.74, 6) is 0. The van der Waals surface area contributed by atoms with Gasteiger partial charge in [-0.05, 0) is 0 Å². The highest BCUT2D eigenvalue weighted by Crippen LogP contribution is 2.44. The van der Waals surface area contributed by atoms with Crippen LogP contribution < -0.4 is 5.32 Å². The molecule has 1 saturated heterocycles. The molecular weight excluding hydrogens is 337 g/mol. The number of nitrogens with one attached hydrogen (secondary N) is 1. The van der Waals surface area contributed by atoms with Crippen molar-refractivity contribution in [3.05, 3.63) is 27.0 Å². The summed E-state index contributed by atoms with van der Waals surface area (Å²) in [6.45, 7) is 1.44. The summed E-state index contributed by atoms with van der Waals surface area (Å²) in [6.07, 6.45) is -3.42. The Balaban J connectivity index is 2.49. The van der Waals surface area contributed by atoms with Crippen LogP contribution in [0.2, 0.25) is 15.2 Å². The molecule has 0 amide bonds. The first kappa shape index (κ1) is 16.1. The minimum Gasteiger partial charge on any atom is -0.314 e. The van der Waals surface area contributed by atoms with Gasteiger partial charge in [0.15, 0.2) is 0 Å². The number of hydrogen-bond donors (Lipinski definition) is 1. The number of aromatic nitrogens is 1. The lowest BCUT2D eigenvalue weighted by atomic mass is 10.1. The standard InChI is InChI=1S/C11H11Cl3F3N3/c12-6-5-19-10(14)8(13)7(6)9(11(15,16)17)20-3-1-18-2-4-20/h5,9,18H,1-4H2/t9-/m1/s1. The van der Waals surface area contributed by atoms with Crippen molar-refractivity contribution < 1.29 is 13.2 Å². The highest BCUT2D eigenvalue weighted by atomic mass is 35.5. The first-order valence-electron chi connectivity index (χ1n) is 5.83. The second-order valence-electron chi connectivity index (χ2n) is 4.35. The fraction of sp³-hybridized carbons (Fsp3) is 0.545. The zero-order valence-corrected chi connectivity index (χ0v) is 12.4. The van der Waals surface area contributed by atoms with E-state index >= 15 is 0 Å². The van der Waals surface area contributed by atoms with Crippen molar-refractivity contribution in [3.63, 3.8) is 0 Å². The van der Waals surface area contributed by atoms with Crippen molar-refractivity contribution in [2.24, 2.45) is 0 Å². The zero-order chi connectivity index (χ0) is 14.9. The quantitative estimate of drug-likeness (QED) is 0.829. The second-order valence-corrected chi connectivity index (χ2v) is 5.50. The van der Waals surface area contributed by atoms with Crippen LogP contribution in [0.25, 0.3) is 0 Å². The van der Waals surface area contributed by atoms with Gasteiger partial charge in [0.25, 0.3) is 0 Å². The lowest BCUT2D eigenvalue weighted by Gasteiger charge is -2.36. The van der Waals surface area contributed by atoms with Gasteiger partial charge in [-0.2, -0.15) is 13.2 Å². The normalized spacial score (nSPS) is 19.1. The molecular formula is C11H11Cl3F3N3. The van der Waals surface area contributed by atoms with Crippen LogP contribution in [-0.2, 0) is 0 Å². The molecule has 1 aliphatic rings. The van der Waals surface area contributed by atoms with E-state index in [0.29, 0.717) is 13.1 Å². The van der Waals surface area contributed by atoms with Gasteiger partial charge in [-0.1, -0.05) is 34.8 Å². The predicted molar refractivity (Wildman–Crippen MR) is 72.5 cm³/mol. The Morgan fingerprint density at radius 1 is 1.20 bits per heavy atom. The third-order valence-corrected chi connectivity index (χ3v) is 4.13. The topological polar surface area (TPSA) is 28.2 Å². The predicted octanol–water partition coefficient (Wildman–Crippen LogP) is 3.55. The smallest absolute Gasteiger partial charge is 0.314 e. The van der Waals surface area contributed by atoms with Gasteiger partial charge in [-0.3, -0.25) is 4.90 Å². The van der Waals surface area contributed by atoms with Crippen LogP contribution in [0.5, 0.6) is 0 Å². The van der Waals surface area contributed by atoms with E-state index in [-0.39, 0.29) is 33.9 Å². The van der Waals surface area contributed by atoms with E-state index < -0.39 is 12.2 Å². The molecule has 112 valence electrons. The molecule has 0 saturated carbocycles. The largest absolute Gasteiger partial charge is 0.408 e. The van der Waals surface area contributed by atoms with Crippen LogP contribution in [0.1, 0.15) is 11.6 Å². The average Bonchev–Trinajstić information content (AvgIpc) is 2.39. The van der Waals surface area contributed by atoms with Gasteiger partial charge >= 0.3 is 6.18 Å². The molecule has 20 heavy (non-hydrogen) atoms. The van der Waals surface area contributed by atoms with Crippen LogP contribution in [-0.4, -0.2) is 42.2 Å². The summed E-state index contributed by atoms with van der Waals surface area (Å²) in [7, 11) is 0. The van der Waals surface area contributed by atoms with Gasteiger partial charge in [0, 0.05) is 37.9 Å². The molecule has 0 spiro atoms. The molecule has 0 bridgehead atoms. The highest BCUT2D eigenvalue weighted by molar-refractivity contribution is 6.43. The van der Waals surface area contributed by atoms with Gasteiger partial charge in [0.1, 0.15) is 11.2 Å². The molecule has 1 aromatic rings. The van der Waals surface area contributed by atoms with Crippen molar-refractivity contribution in [1.29, 1.82) is 0 Å². The maximum Gasteiger partial charge on any atom is 0.408 e. The molecule has 1 atom stereocenters. The molecule has 3 nitrogen and oxygen atoms in total. The van der Waals surface area contributed by atoms with E-state index in [1.807, 2.05) is 0 Å². The Kier molecular flexibility index (Phi) is 5.02. The van der Waals surface area contributed by atoms with Gasteiger partial charge < -0.3 is 5.32 Å². The molecule has 0 aliphatic carbocycles. The molecule has 0 radical (unpaired) electrons. The summed E-state index contributed by atoms with van der Waals surface area (Å²) in [6, 6.07) is -1.88. The summed E-state index contributed by atoms with van der Waals surface area (Å²) >= 11 is 17.5.